The zero-order chi connectivity index (χ0) is 15.2. The SMILES string of the molecule is CCCNC(Cc1cc(F)ccc1C)c1ncccc1Br. The summed E-state index contributed by atoms with van der Waals surface area (Å²) in [4.78, 5) is 4.48. The van der Waals surface area contributed by atoms with E-state index in [1.54, 1.807) is 12.3 Å². The third-order valence-electron chi connectivity index (χ3n) is 3.49. The second-order valence-corrected chi connectivity index (χ2v) is 6.01. The van der Waals surface area contributed by atoms with Gasteiger partial charge in [0, 0.05) is 10.7 Å². The Bertz CT molecular complexity index is 601. The molecule has 112 valence electrons. The highest BCUT2D eigenvalue weighted by molar-refractivity contribution is 9.10. The first-order valence-electron chi connectivity index (χ1n) is 7.20. The molecular weight excluding hydrogens is 331 g/mol. The van der Waals surface area contributed by atoms with Crippen molar-refractivity contribution in [3.8, 4) is 0 Å². The summed E-state index contributed by atoms with van der Waals surface area (Å²) in [6.45, 7) is 5.05. The standard InChI is InChI=1S/C17H20BrFN2/c1-3-8-20-16(17-15(18)5-4-9-21-17)11-13-10-14(19)7-6-12(13)2/h4-7,9-10,16,20H,3,8,11H2,1-2H3. The summed E-state index contributed by atoms with van der Waals surface area (Å²) in [6, 6.07) is 8.91. The molecule has 21 heavy (non-hydrogen) atoms. The van der Waals surface area contributed by atoms with Gasteiger partial charge in [0.05, 0.1) is 11.7 Å². The van der Waals surface area contributed by atoms with Crippen LogP contribution in [0.3, 0.4) is 0 Å². The number of hydrogen-bond donors (Lipinski definition) is 1. The van der Waals surface area contributed by atoms with Gasteiger partial charge in [0.1, 0.15) is 5.82 Å². The molecule has 0 amide bonds. The molecule has 2 rings (SSSR count). The van der Waals surface area contributed by atoms with Crippen LogP contribution >= 0.6 is 15.9 Å². The molecular formula is C17H20BrFN2. The Morgan fingerprint density at radius 2 is 2.14 bits per heavy atom. The molecule has 0 aliphatic rings. The molecule has 1 aromatic heterocycles. The predicted octanol–water partition coefficient (Wildman–Crippen LogP) is 4.58. The average molecular weight is 351 g/mol. The van der Waals surface area contributed by atoms with Crippen molar-refractivity contribution < 1.29 is 4.39 Å². The number of hydrogen-bond acceptors (Lipinski definition) is 2. The molecule has 1 unspecified atom stereocenters. The van der Waals surface area contributed by atoms with Crippen molar-refractivity contribution in [2.75, 3.05) is 6.54 Å². The summed E-state index contributed by atoms with van der Waals surface area (Å²) in [5.41, 5.74) is 3.09. The van der Waals surface area contributed by atoms with E-state index < -0.39 is 0 Å². The number of rotatable bonds is 6. The van der Waals surface area contributed by atoms with Crippen molar-refractivity contribution in [2.24, 2.45) is 0 Å². The highest BCUT2D eigenvalue weighted by atomic mass is 79.9. The predicted molar refractivity (Wildman–Crippen MR) is 87.8 cm³/mol. The molecule has 0 saturated heterocycles. The van der Waals surface area contributed by atoms with E-state index >= 15 is 0 Å². The lowest BCUT2D eigenvalue weighted by atomic mass is 9.98. The van der Waals surface area contributed by atoms with Crippen LogP contribution in [0.2, 0.25) is 0 Å². The maximum atomic E-state index is 13.5. The Balaban J connectivity index is 2.28. The Morgan fingerprint density at radius 3 is 2.86 bits per heavy atom. The van der Waals surface area contributed by atoms with Gasteiger partial charge >= 0.3 is 0 Å². The summed E-state index contributed by atoms with van der Waals surface area (Å²) >= 11 is 3.56. The molecule has 0 aliphatic heterocycles. The molecule has 1 N–H and O–H groups in total. The van der Waals surface area contributed by atoms with Gasteiger partial charge in [-0.3, -0.25) is 4.98 Å². The molecule has 0 aliphatic carbocycles. The number of aryl methyl sites for hydroxylation is 1. The molecule has 0 fully saturated rings. The van der Waals surface area contributed by atoms with Crippen LogP contribution in [-0.4, -0.2) is 11.5 Å². The Labute approximate surface area is 133 Å². The van der Waals surface area contributed by atoms with Gasteiger partial charge in [0.2, 0.25) is 0 Å². The molecule has 0 radical (unpaired) electrons. The number of nitrogens with zero attached hydrogens (tertiary/aromatic N) is 1. The molecule has 2 aromatic rings. The first-order chi connectivity index (χ1) is 10.1. The summed E-state index contributed by atoms with van der Waals surface area (Å²) in [5.74, 6) is -0.190. The highest BCUT2D eigenvalue weighted by Crippen LogP contribution is 2.25. The van der Waals surface area contributed by atoms with Gasteiger partial charge in [-0.2, -0.15) is 0 Å². The van der Waals surface area contributed by atoms with Crippen molar-refractivity contribution in [3.05, 3.63) is 63.6 Å². The van der Waals surface area contributed by atoms with Gasteiger partial charge in [-0.25, -0.2) is 4.39 Å². The van der Waals surface area contributed by atoms with Crippen LogP contribution in [0.1, 0.15) is 36.2 Å². The van der Waals surface area contributed by atoms with E-state index in [1.165, 1.54) is 6.07 Å². The summed E-state index contributed by atoms with van der Waals surface area (Å²) in [6.07, 6.45) is 3.56. The van der Waals surface area contributed by atoms with Crippen molar-refractivity contribution in [3.63, 3.8) is 0 Å². The minimum Gasteiger partial charge on any atom is -0.308 e. The fourth-order valence-corrected chi connectivity index (χ4v) is 2.85. The van der Waals surface area contributed by atoms with Crippen LogP contribution in [0.4, 0.5) is 4.39 Å². The summed E-state index contributed by atoms with van der Waals surface area (Å²) in [5, 5.41) is 3.51. The number of halogens is 2. The van der Waals surface area contributed by atoms with Crippen LogP contribution in [0.25, 0.3) is 0 Å². The van der Waals surface area contributed by atoms with Crippen molar-refractivity contribution in [1.29, 1.82) is 0 Å². The minimum atomic E-state index is -0.190. The maximum Gasteiger partial charge on any atom is 0.123 e. The van der Waals surface area contributed by atoms with Crippen LogP contribution in [-0.2, 0) is 6.42 Å². The smallest absolute Gasteiger partial charge is 0.123 e. The van der Waals surface area contributed by atoms with E-state index in [0.717, 1.165) is 40.7 Å². The number of pyridine rings is 1. The van der Waals surface area contributed by atoms with Crippen LogP contribution < -0.4 is 5.32 Å². The zero-order valence-corrected chi connectivity index (χ0v) is 14.0. The van der Waals surface area contributed by atoms with Gasteiger partial charge in [-0.1, -0.05) is 13.0 Å². The normalized spacial score (nSPS) is 12.4. The Kier molecular flexibility index (Phi) is 5.88. The van der Waals surface area contributed by atoms with Crippen molar-refractivity contribution in [2.45, 2.75) is 32.7 Å². The second-order valence-electron chi connectivity index (χ2n) is 5.15. The van der Waals surface area contributed by atoms with Crippen molar-refractivity contribution in [1.82, 2.24) is 10.3 Å². The first-order valence-corrected chi connectivity index (χ1v) is 8.00. The molecule has 2 nitrogen and oxygen atoms in total. The van der Waals surface area contributed by atoms with Gasteiger partial charge in [-0.15, -0.1) is 0 Å². The fraction of sp³-hybridized carbons (Fsp3) is 0.353. The third-order valence-corrected chi connectivity index (χ3v) is 4.16. The first kappa shape index (κ1) is 16.1. The quantitative estimate of drug-likeness (QED) is 0.824. The van der Waals surface area contributed by atoms with E-state index in [4.69, 9.17) is 0 Å². The van der Waals surface area contributed by atoms with Gasteiger partial charge in [0.25, 0.3) is 0 Å². The van der Waals surface area contributed by atoms with Crippen molar-refractivity contribution >= 4 is 15.9 Å². The van der Waals surface area contributed by atoms with E-state index in [2.05, 4.69) is 33.2 Å². The summed E-state index contributed by atoms with van der Waals surface area (Å²) in [7, 11) is 0. The minimum absolute atomic E-state index is 0.0704. The lowest BCUT2D eigenvalue weighted by Gasteiger charge is -2.20. The fourth-order valence-electron chi connectivity index (χ4n) is 2.32. The lowest BCUT2D eigenvalue weighted by Crippen LogP contribution is -2.25. The zero-order valence-electron chi connectivity index (χ0n) is 12.4. The summed E-state index contributed by atoms with van der Waals surface area (Å²) < 4.78 is 14.5. The molecule has 0 bridgehead atoms. The average Bonchev–Trinajstić information content (AvgIpc) is 2.48. The van der Waals surface area contributed by atoms with Gasteiger partial charge < -0.3 is 5.32 Å². The Hall–Kier alpha value is -1.26. The van der Waals surface area contributed by atoms with Crippen LogP contribution in [0, 0.1) is 12.7 Å². The largest absolute Gasteiger partial charge is 0.308 e. The second kappa shape index (κ2) is 7.66. The third kappa shape index (κ3) is 4.35. The van der Waals surface area contributed by atoms with E-state index in [1.807, 2.05) is 25.1 Å². The maximum absolute atomic E-state index is 13.5. The van der Waals surface area contributed by atoms with E-state index in [-0.39, 0.29) is 11.9 Å². The number of aromatic nitrogens is 1. The number of nitrogens with one attached hydrogen (secondary N) is 1. The monoisotopic (exact) mass is 350 g/mol. The molecule has 1 aromatic carbocycles. The van der Waals surface area contributed by atoms with Gasteiger partial charge in [0.15, 0.2) is 0 Å². The highest BCUT2D eigenvalue weighted by Gasteiger charge is 2.17. The lowest BCUT2D eigenvalue weighted by molar-refractivity contribution is 0.513. The van der Waals surface area contributed by atoms with E-state index in [9.17, 15) is 4.39 Å². The van der Waals surface area contributed by atoms with Crippen LogP contribution in [0.15, 0.2) is 41.0 Å². The topological polar surface area (TPSA) is 24.9 Å². The molecule has 0 spiro atoms. The Morgan fingerprint density at radius 1 is 1.33 bits per heavy atom. The number of benzene rings is 1. The molecule has 4 heteroatoms. The van der Waals surface area contributed by atoms with Gasteiger partial charge in [-0.05, 0) is 77.6 Å². The van der Waals surface area contributed by atoms with Crippen LogP contribution in [0.5, 0.6) is 0 Å². The molecule has 1 heterocycles. The molecule has 1 atom stereocenters. The van der Waals surface area contributed by atoms with E-state index in [0.29, 0.717) is 0 Å². The molecule has 0 saturated carbocycles.